The molecular formula is C23H23N3O4S. The number of furan rings is 1. The van der Waals surface area contributed by atoms with Crippen LogP contribution in [-0.2, 0) is 23.1 Å². The second-order valence-electron chi connectivity index (χ2n) is 6.87. The van der Waals surface area contributed by atoms with Crippen molar-refractivity contribution in [3.8, 4) is 11.4 Å². The van der Waals surface area contributed by atoms with E-state index in [4.69, 9.17) is 9.15 Å². The minimum Gasteiger partial charge on any atom is -0.494 e. The highest BCUT2D eigenvalue weighted by Gasteiger charge is 2.26. The van der Waals surface area contributed by atoms with Crippen molar-refractivity contribution >= 4 is 10.0 Å². The Bertz CT molecular complexity index is 1180. The molecule has 0 bridgehead atoms. The van der Waals surface area contributed by atoms with Gasteiger partial charge in [0.05, 0.1) is 30.0 Å². The summed E-state index contributed by atoms with van der Waals surface area (Å²) in [5, 5.41) is 4.21. The minimum atomic E-state index is -3.76. The Balaban J connectivity index is 1.60. The van der Waals surface area contributed by atoms with Gasteiger partial charge >= 0.3 is 0 Å². The number of hydrogen-bond acceptors (Lipinski definition) is 5. The first kappa shape index (κ1) is 20.9. The molecule has 160 valence electrons. The van der Waals surface area contributed by atoms with Crippen LogP contribution in [0.3, 0.4) is 0 Å². The summed E-state index contributed by atoms with van der Waals surface area (Å²) in [6, 6.07) is 19.5. The van der Waals surface area contributed by atoms with Crippen molar-refractivity contribution in [1.29, 1.82) is 0 Å². The third-order valence-corrected chi connectivity index (χ3v) is 6.55. The van der Waals surface area contributed by atoms with Crippen molar-refractivity contribution in [3.63, 3.8) is 0 Å². The van der Waals surface area contributed by atoms with E-state index in [1.165, 1.54) is 10.6 Å². The summed E-state index contributed by atoms with van der Waals surface area (Å²) in [5.74, 6) is 1.20. The monoisotopic (exact) mass is 437 g/mol. The lowest BCUT2D eigenvalue weighted by Crippen LogP contribution is -2.30. The molecule has 7 nitrogen and oxygen atoms in total. The van der Waals surface area contributed by atoms with Crippen LogP contribution in [0.1, 0.15) is 18.2 Å². The predicted octanol–water partition coefficient (Wildman–Crippen LogP) is 4.26. The lowest BCUT2D eigenvalue weighted by molar-refractivity contribution is 0.339. The predicted molar refractivity (Wildman–Crippen MR) is 116 cm³/mol. The van der Waals surface area contributed by atoms with Crippen LogP contribution in [0.15, 0.2) is 94.7 Å². The third-order valence-electron chi connectivity index (χ3n) is 4.75. The molecule has 4 aromatic rings. The molecule has 0 saturated heterocycles. The summed E-state index contributed by atoms with van der Waals surface area (Å²) >= 11 is 0. The molecule has 0 saturated carbocycles. The summed E-state index contributed by atoms with van der Waals surface area (Å²) < 4.78 is 40.8. The molecule has 0 spiro atoms. The number of ether oxygens (including phenoxy) is 1. The summed E-state index contributed by atoms with van der Waals surface area (Å²) in [7, 11) is -3.76. The normalized spacial score (nSPS) is 11.7. The van der Waals surface area contributed by atoms with E-state index in [9.17, 15) is 8.42 Å². The van der Waals surface area contributed by atoms with Crippen LogP contribution in [0.25, 0.3) is 5.69 Å². The van der Waals surface area contributed by atoms with Gasteiger partial charge in [-0.2, -0.15) is 9.40 Å². The number of nitrogens with zero attached hydrogens (tertiary/aromatic N) is 3. The van der Waals surface area contributed by atoms with Crippen LogP contribution >= 0.6 is 0 Å². The Hall–Kier alpha value is -3.36. The molecule has 0 N–H and O–H groups in total. The Labute approximate surface area is 181 Å². The molecule has 0 aliphatic heterocycles. The Kier molecular flexibility index (Phi) is 6.20. The molecule has 0 aliphatic carbocycles. The van der Waals surface area contributed by atoms with Gasteiger partial charge in [-0.15, -0.1) is 0 Å². The smallest absolute Gasteiger partial charge is 0.243 e. The van der Waals surface area contributed by atoms with Gasteiger partial charge in [0.25, 0.3) is 0 Å². The van der Waals surface area contributed by atoms with Gasteiger partial charge in [-0.1, -0.05) is 12.1 Å². The van der Waals surface area contributed by atoms with E-state index in [0.29, 0.717) is 18.1 Å². The zero-order chi connectivity index (χ0) is 21.7. The molecule has 8 heteroatoms. The molecular weight excluding hydrogens is 414 g/mol. The molecule has 0 atom stereocenters. The average Bonchev–Trinajstić information content (AvgIpc) is 3.49. The van der Waals surface area contributed by atoms with E-state index in [1.54, 1.807) is 47.3 Å². The van der Waals surface area contributed by atoms with Crippen molar-refractivity contribution < 1.29 is 17.6 Å². The maximum Gasteiger partial charge on any atom is 0.243 e. The zero-order valence-electron chi connectivity index (χ0n) is 17.1. The van der Waals surface area contributed by atoms with Gasteiger partial charge in [-0.05, 0) is 67.1 Å². The topological polar surface area (TPSA) is 77.6 Å². The minimum absolute atomic E-state index is 0.128. The highest BCUT2D eigenvalue weighted by atomic mass is 32.2. The first-order chi connectivity index (χ1) is 15.1. The SMILES string of the molecule is CCOc1ccc(S(=O)(=O)N(Cc2ccc(-n3cccn3)cc2)Cc2ccco2)cc1. The van der Waals surface area contributed by atoms with Crippen LogP contribution < -0.4 is 4.74 Å². The zero-order valence-corrected chi connectivity index (χ0v) is 17.9. The summed E-state index contributed by atoms with van der Waals surface area (Å²) in [6.07, 6.45) is 5.10. The van der Waals surface area contributed by atoms with E-state index < -0.39 is 10.0 Å². The quantitative estimate of drug-likeness (QED) is 0.391. The summed E-state index contributed by atoms with van der Waals surface area (Å²) in [5.41, 5.74) is 1.76. The number of rotatable bonds is 9. The van der Waals surface area contributed by atoms with Gasteiger partial charge in [0.15, 0.2) is 0 Å². The average molecular weight is 438 g/mol. The van der Waals surface area contributed by atoms with Crippen LogP contribution in [-0.4, -0.2) is 29.1 Å². The van der Waals surface area contributed by atoms with Crippen molar-refractivity contribution in [3.05, 3.63) is 96.7 Å². The Morgan fingerprint density at radius 3 is 2.39 bits per heavy atom. The summed E-state index contributed by atoms with van der Waals surface area (Å²) in [4.78, 5) is 0.204. The maximum absolute atomic E-state index is 13.4. The van der Waals surface area contributed by atoms with Gasteiger partial charge < -0.3 is 9.15 Å². The molecule has 0 unspecified atom stereocenters. The highest BCUT2D eigenvalue weighted by molar-refractivity contribution is 7.89. The van der Waals surface area contributed by atoms with E-state index >= 15 is 0 Å². The van der Waals surface area contributed by atoms with Crippen LogP contribution in [0, 0.1) is 0 Å². The number of hydrogen-bond donors (Lipinski definition) is 0. The van der Waals surface area contributed by atoms with E-state index in [1.807, 2.05) is 43.5 Å². The molecule has 31 heavy (non-hydrogen) atoms. The summed E-state index contributed by atoms with van der Waals surface area (Å²) in [6.45, 7) is 2.73. The van der Waals surface area contributed by atoms with Gasteiger partial charge in [-0.3, -0.25) is 0 Å². The van der Waals surface area contributed by atoms with Crippen molar-refractivity contribution in [2.75, 3.05) is 6.61 Å². The number of benzene rings is 2. The third kappa shape index (κ3) is 4.87. The molecule has 2 aromatic heterocycles. The Morgan fingerprint density at radius 1 is 1.00 bits per heavy atom. The molecule has 2 heterocycles. The second kappa shape index (κ2) is 9.20. The Morgan fingerprint density at radius 2 is 1.77 bits per heavy atom. The largest absolute Gasteiger partial charge is 0.494 e. The maximum atomic E-state index is 13.4. The van der Waals surface area contributed by atoms with Gasteiger partial charge in [0.2, 0.25) is 10.0 Å². The van der Waals surface area contributed by atoms with Crippen LogP contribution in [0.2, 0.25) is 0 Å². The fourth-order valence-corrected chi connectivity index (χ4v) is 4.60. The van der Waals surface area contributed by atoms with Crippen molar-refractivity contribution in [1.82, 2.24) is 14.1 Å². The second-order valence-corrected chi connectivity index (χ2v) is 8.81. The number of aromatic nitrogens is 2. The van der Waals surface area contributed by atoms with Gasteiger partial charge in [0.1, 0.15) is 11.5 Å². The lowest BCUT2D eigenvalue weighted by atomic mass is 10.2. The molecule has 0 fully saturated rings. The van der Waals surface area contributed by atoms with Crippen molar-refractivity contribution in [2.45, 2.75) is 24.9 Å². The molecule has 0 radical (unpaired) electrons. The van der Waals surface area contributed by atoms with Gasteiger partial charge in [-0.25, -0.2) is 13.1 Å². The molecule has 0 amide bonds. The van der Waals surface area contributed by atoms with Crippen LogP contribution in [0.4, 0.5) is 0 Å². The van der Waals surface area contributed by atoms with Crippen LogP contribution in [0.5, 0.6) is 5.75 Å². The molecule has 4 rings (SSSR count). The number of sulfonamides is 1. The van der Waals surface area contributed by atoms with E-state index in [-0.39, 0.29) is 18.0 Å². The first-order valence-electron chi connectivity index (χ1n) is 9.90. The molecule has 0 aliphatic rings. The fraction of sp³-hybridized carbons (Fsp3) is 0.174. The van der Waals surface area contributed by atoms with Crippen molar-refractivity contribution in [2.24, 2.45) is 0 Å². The van der Waals surface area contributed by atoms with E-state index in [2.05, 4.69) is 5.10 Å². The standard InChI is InChI=1S/C23H23N3O4S/c1-2-29-21-10-12-23(13-11-21)31(27,28)25(18-22-5-3-16-30-22)17-19-6-8-20(9-7-19)26-15-4-14-24-26/h3-16H,2,17-18H2,1H3. The first-order valence-corrected chi connectivity index (χ1v) is 11.3. The fourth-order valence-electron chi connectivity index (χ4n) is 3.21. The highest BCUT2D eigenvalue weighted by Crippen LogP contribution is 2.24. The van der Waals surface area contributed by atoms with Gasteiger partial charge in [0, 0.05) is 18.9 Å². The lowest BCUT2D eigenvalue weighted by Gasteiger charge is -2.22. The van der Waals surface area contributed by atoms with E-state index in [0.717, 1.165) is 11.3 Å². The molecule has 2 aromatic carbocycles.